The zero-order valence-electron chi connectivity index (χ0n) is 11.8. The third kappa shape index (κ3) is 2.29. The van der Waals surface area contributed by atoms with Crippen molar-refractivity contribution in [1.29, 1.82) is 0 Å². The molecule has 112 valence electrons. The summed E-state index contributed by atoms with van der Waals surface area (Å²) in [6.45, 7) is 5.38. The van der Waals surface area contributed by atoms with Gasteiger partial charge in [-0.1, -0.05) is 6.42 Å². The number of hydrogen-bond donors (Lipinski definition) is 1. The van der Waals surface area contributed by atoms with E-state index in [1.165, 1.54) is 32.4 Å². The van der Waals surface area contributed by atoms with Gasteiger partial charge in [0.25, 0.3) is 5.90 Å². The molecule has 1 N–H and O–H groups in total. The fourth-order valence-corrected chi connectivity index (χ4v) is 3.67. The van der Waals surface area contributed by atoms with Gasteiger partial charge in [-0.3, -0.25) is 4.90 Å². The molecule has 0 aliphatic carbocycles. The van der Waals surface area contributed by atoms with Gasteiger partial charge in [-0.25, -0.2) is 0 Å². The van der Waals surface area contributed by atoms with Crippen molar-refractivity contribution in [2.75, 3.05) is 39.4 Å². The zero-order chi connectivity index (χ0) is 13.4. The first-order chi connectivity index (χ1) is 9.84. The van der Waals surface area contributed by atoms with Crippen LogP contribution in [0, 0.1) is 0 Å². The Labute approximate surface area is 119 Å². The van der Waals surface area contributed by atoms with E-state index < -0.39 is 0 Å². The second-order valence-corrected chi connectivity index (χ2v) is 6.38. The van der Waals surface area contributed by atoms with Crippen LogP contribution in [0.1, 0.15) is 25.7 Å². The van der Waals surface area contributed by atoms with Crippen molar-refractivity contribution in [3.05, 3.63) is 0 Å². The SMILES string of the molecule is C1CCN(CC2CON=C([C@@]34CN[C@@H](CO3)C4)O2)CC1. The average Bonchev–Trinajstić information content (AvgIpc) is 3.11. The van der Waals surface area contributed by atoms with Crippen LogP contribution in [-0.4, -0.2) is 67.9 Å². The number of ether oxygens (including phenoxy) is 2. The molecule has 0 aromatic carbocycles. The molecule has 4 rings (SSSR count). The molecule has 3 saturated heterocycles. The molecule has 4 aliphatic rings. The van der Waals surface area contributed by atoms with E-state index in [4.69, 9.17) is 14.3 Å². The maximum atomic E-state index is 6.11. The molecule has 4 aliphatic heterocycles. The van der Waals surface area contributed by atoms with Crippen molar-refractivity contribution in [1.82, 2.24) is 10.2 Å². The molecular weight excluding hydrogens is 258 g/mol. The lowest BCUT2D eigenvalue weighted by Gasteiger charge is -2.35. The molecule has 3 atom stereocenters. The van der Waals surface area contributed by atoms with Crippen LogP contribution in [0.5, 0.6) is 0 Å². The van der Waals surface area contributed by atoms with Gasteiger partial charge in [0.05, 0.1) is 6.61 Å². The molecule has 1 unspecified atom stereocenters. The van der Waals surface area contributed by atoms with Gasteiger partial charge in [0.1, 0.15) is 6.10 Å². The number of rotatable bonds is 3. The summed E-state index contributed by atoms with van der Waals surface area (Å²) in [5.74, 6) is 0.651. The molecular formula is C14H23N3O3. The molecule has 0 saturated carbocycles. The highest BCUT2D eigenvalue weighted by Crippen LogP contribution is 2.34. The van der Waals surface area contributed by atoms with E-state index in [-0.39, 0.29) is 11.7 Å². The Morgan fingerprint density at radius 2 is 2.15 bits per heavy atom. The number of piperidine rings is 1. The molecule has 0 aromatic rings. The van der Waals surface area contributed by atoms with Crippen LogP contribution in [0.15, 0.2) is 5.16 Å². The Morgan fingerprint density at radius 1 is 1.25 bits per heavy atom. The van der Waals surface area contributed by atoms with E-state index in [0.717, 1.165) is 26.1 Å². The van der Waals surface area contributed by atoms with Gasteiger partial charge in [0.15, 0.2) is 12.2 Å². The highest BCUT2D eigenvalue weighted by atomic mass is 16.7. The number of nitrogens with one attached hydrogen (secondary N) is 1. The molecule has 6 nitrogen and oxygen atoms in total. The molecule has 4 heterocycles. The Bertz CT molecular complexity index is 387. The van der Waals surface area contributed by atoms with Crippen LogP contribution < -0.4 is 5.32 Å². The topological polar surface area (TPSA) is 55.3 Å². The lowest BCUT2D eigenvalue weighted by atomic mass is 10.0. The third-order valence-electron chi connectivity index (χ3n) is 4.80. The molecule has 3 fully saturated rings. The van der Waals surface area contributed by atoms with Crippen LogP contribution in [0.25, 0.3) is 0 Å². The first-order valence-corrected chi connectivity index (χ1v) is 7.81. The highest BCUT2D eigenvalue weighted by molar-refractivity contribution is 5.86. The number of likely N-dealkylation sites (tertiary alicyclic amines) is 1. The van der Waals surface area contributed by atoms with Crippen LogP contribution in [0.4, 0.5) is 0 Å². The fourth-order valence-electron chi connectivity index (χ4n) is 3.67. The monoisotopic (exact) mass is 281 g/mol. The van der Waals surface area contributed by atoms with Crippen LogP contribution in [-0.2, 0) is 14.3 Å². The van der Waals surface area contributed by atoms with E-state index in [0.29, 0.717) is 18.5 Å². The van der Waals surface area contributed by atoms with Crippen LogP contribution in [0.2, 0.25) is 0 Å². The summed E-state index contributed by atoms with van der Waals surface area (Å²) < 4.78 is 12.0. The predicted molar refractivity (Wildman–Crippen MR) is 73.6 cm³/mol. The smallest absolute Gasteiger partial charge is 0.260 e. The number of fused-ring (bicyclic) bond motifs is 2. The second-order valence-electron chi connectivity index (χ2n) is 6.38. The van der Waals surface area contributed by atoms with Gasteiger partial charge < -0.3 is 19.6 Å². The molecule has 0 amide bonds. The van der Waals surface area contributed by atoms with Gasteiger partial charge in [-0.15, -0.1) is 0 Å². The molecule has 0 spiro atoms. The third-order valence-corrected chi connectivity index (χ3v) is 4.80. The maximum Gasteiger partial charge on any atom is 0.260 e. The van der Waals surface area contributed by atoms with Crippen LogP contribution >= 0.6 is 0 Å². The van der Waals surface area contributed by atoms with Gasteiger partial charge in [0.2, 0.25) is 0 Å². The van der Waals surface area contributed by atoms with E-state index >= 15 is 0 Å². The second kappa shape index (κ2) is 5.16. The quantitative estimate of drug-likeness (QED) is 0.808. The lowest BCUT2D eigenvalue weighted by molar-refractivity contribution is -0.0455. The van der Waals surface area contributed by atoms with Gasteiger partial charge in [-0.05, 0) is 31.1 Å². The first kappa shape index (κ1) is 12.9. The number of oxime groups is 1. The molecule has 6 heteroatoms. The van der Waals surface area contributed by atoms with Crippen molar-refractivity contribution >= 4 is 5.90 Å². The average molecular weight is 281 g/mol. The Kier molecular flexibility index (Phi) is 3.32. The first-order valence-electron chi connectivity index (χ1n) is 7.81. The normalized spacial score (nSPS) is 41.1. The molecule has 2 bridgehead atoms. The standard InChI is InChI=1S/C14H23N3O3/c1-2-4-17(5-3-1)7-12-9-19-16-13(20-12)14-6-11(8-18-14)15-10-14/h11-12,15H,1-10H2/t11-,12?,14-/m1/s1. The molecule has 0 aromatic heterocycles. The van der Waals surface area contributed by atoms with Crippen molar-refractivity contribution in [2.24, 2.45) is 5.16 Å². The number of morpholine rings is 1. The minimum atomic E-state index is -0.370. The summed E-state index contributed by atoms with van der Waals surface area (Å²) in [5.41, 5.74) is -0.370. The van der Waals surface area contributed by atoms with Crippen molar-refractivity contribution in [3.8, 4) is 0 Å². The van der Waals surface area contributed by atoms with Gasteiger partial charge in [-0.2, -0.15) is 0 Å². The maximum absolute atomic E-state index is 6.11. The summed E-state index contributed by atoms with van der Waals surface area (Å²) >= 11 is 0. The summed E-state index contributed by atoms with van der Waals surface area (Å²) in [4.78, 5) is 7.90. The van der Waals surface area contributed by atoms with Crippen molar-refractivity contribution in [2.45, 2.75) is 43.4 Å². The van der Waals surface area contributed by atoms with E-state index in [2.05, 4.69) is 15.4 Å². The van der Waals surface area contributed by atoms with Crippen molar-refractivity contribution in [3.63, 3.8) is 0 Å². The zero-order valence-corrected chi connectivity index (χ0v) is 11.8. The number of hydrogen-bond acceptors (Lipinski definition) is 6. The minimum absolute atomic E-state index is 0.0817. The molecule has 20 heavy (non-hydrogen) atoms. The van der Waals surface area contributed by atoms with E-state index in [1.54, 1.807) is 0 Å². The van der Waals surface area contributed by atoms with Crippen LogP contribution in [0.3, 0.4) is 0 Å². The largest absolute Gasteiger partial charge is 0.468 e. The van der Waals surface area contributed by atoms with E-state index in [1.807, 2.05) is 0 Å². The Hall–Kier alpha value is -0.850. The van der Waals surface area contributed by atoms with Gasteiger partial charge in [0, 0.05) is 25.6 Å². The molecule has 0 radical (unpaired) electrons. The van der Waals surface area contributed by atoms with E-state index in [9.17, 15) is 0 Å². The summed E-state index contributed by atoms with van der Waals surface area (Å²) in [5, 5.41) is 7.57. The Morgan fingerprint density at radius 3 is 2.85 bits per heavy atom. The fraction of sp³-hybridized carbons (Fsp3) is 0.929. The number of nitrogens with zero attached hydrogens (tertiary/aromatic N) is 2. The predicted octanol–water partition coefficient (Wildman–Crippen LogP) is 0.332. The lowest BCUT2D eigenvalue weighted by Crippen LogP contribution is -2.51. The summed E-state index contributed by atoms with van der Waals surface area (Å²) in [7, 11) is 0. The minimum Gasteiger partial charge on any atom is -0.468 e. The highest BCUT2D eigenvalue weighted by Gasteiger charge is 2.53. The van der Waals surface area contributed by atoms with Crippen molar-refractivity contribution < 1.29 is 14.3 Å². The summed E-state index contributed by atoms with van der Waals surface area (Å²) in [6.07, 6.45) is 4.99. The Balaban J connectivity index is 1.38. The van der Waals surface area contributed by atoms with Gasteiger partial charge >= 0.3 is 0 Å². The summed E-state index contributed by atoms with van der Waals surface area (Å²) in [6, 6.07) is 0.448.